The first-order valence-corrected chi connectivity index (χ1v) is 9.39. The van der Waals surface area contributed by atoms with Gasteiger partial charge in [0.2, 0.25) is 0 Å². The number of nitro benzene ring substituents is 1. The minimum atomic E-state index is -0.833. The summed E-state index contributed by atoms with van der Waals surface area (Å²) < 4.78 is 0. The van der Waals surface area contributed by atoms with Crippen molar-refractivity contribution in [3.63, 3.8) is 0 Å². The Morgan fingerprint density at radius 1 is 0.966 bits per heavy atom. The summed E-state index contributed by atoms with van der Waals surface area (Å²) in [5.74, 6) is -1.03. The van der Waals surface area contributed by atoms with Crippen LogP contribution in [0.5, 0.6) is 11.5 Å². The molecule has 158 valence electrons. The standard InChI is InChI=1S/C19H24N2O4.C2H4O2/c1-2-11-20(13-10-16-5-8-18(22)19(23)14-16)12-9-15-3-6-17(7-4-15)21(24)25;1-2(3)4/h3-8,14,22-23H,2,9-13H2,1H3;1H3,(H,3,4). The molecule has 0 fully saturated rings. The van der Waals surface area contributed by atoms with Gasteiger partial charge in [-0.05, 0) is 49.1 Å². The molecule has 0 heterocycles. The summed E-state index contributed by atoms with van der Waals surface area (Å²) in [5, 5.41) is 37.0. The molecule has 0 aliphatic heterocycles. The van der Waals surface area contributed by atoms with Crippen molar-refractivity contribution in [2.45, 2.75) is 33.1 Å². The molecule has 0 spiro atoms. The molecule has 29 heavy (non-hydrogen) atoms. The van der Waals surface area contributed by atoms with Gasteiger partial charge in [-0.1, -0.05) is 25.1 Å². The number of carbonyl (C=O) groups is 1. The third-order valence-electron chi connectivity index (χ3n) is 4.16. The van der Waals surface area contributed by atoms with Crippen molar-refractivity contribution in [2.75, 3.05) is 19.6 Å². The normalized spacial score (nSPS) is 10.3. The Kier molecular flexibility index (Phi) is 10.2. The first-order chi connectivity index (χ1) is 13.7. The molecule has 2 aromatic carbocycles. The number of rotatable bonds is 9. The zero-order valence-corrected chi connectivity index (χ0v) is 16.7. The summed E-state index contributed by atoms with van der Waals surface area (Å²) in [4.78, 5) is 21.6. The zero-order chi connectivity index (χ0) is 21.8. The van der Waals surface area contributed by atoms with Crippen LogP contribution >= 0.6 is 0 Å². The van der Waals surface area contributed by atoms with E-state index >= 15 is 0 Å². The van der Waals surface area contributed by atoms with E-state index < -0.39 is 5.97 Å². The Morgan fingerprint density at radius 2 is 1.48 bits per heavy atom. The lowest BCUT2D eigenvalue weighted by molar-refractivity contribution is -0.384. The van der Waals surface area contributed by atoms with E-state index in [9.17, 15) is 20.3 Å². The van der Waals surface area contributed by atoms with E-state index in [0.717, 1.165) is 56.9 Å². The van der Waals surface area contributed by atoms with Crippen LogP contribution < -0.4 is 0 Å². The van der Waals surface area contributed by atoms with Crippen LogP contribution in [0.2, 0.25) is 0 Å². The molecule has 0 aliphatic rings. The van der Waals surface area contributed by atoms with Crippen LogP contribution in [-0.4, -0.2) is 50.7 Å². The summed E-state index contributed by atoms with van der Waals surface area (Å²) in [6, 6.07) is 11.6. The highest BCUT2D eigenvalue weighted by Gasteiger charge is 2.08. The van der Waals surface area contributed by atoms with E-state index in [1.54, 1.807) is 30.3 Å². The van der Waals surface area contributed by atoms with Gasteiger partial charge in [0.1, 0.15) is 0 Å². The summed E-state index contributed by atoms with van der Waals surface area (Å²) >= 11 is 0. The van der Waals surface area contributed by atoms with Gasteiger partial charge in [-0.25, -0.2) is 0 Å². The van der Waals surface area contributed by atoms with Crippen LogP contribution in [0.4, 0.5) is 5.69 Å². The summed E-state index contributed by atoms with van der Waals surface area (Å²) in [5.41, 5.74) is 2.17. The van der Waals surface area contributed by atoms with Crippen molar-refractivity contribution in [1.82, 2.24) is 4.90 Å². The van der Waals surface area contributed by atoms with Gasteiger partial charge in [0.15, 0.2) is 11.5 Å². The Labute approximate surface area is 170 Å². The first kappa shape index (κ1) is 23.9. The molecule has 2 aromatic rings. The van der Waals surface area contributed by atoms with Crippen LogP contribution in [-0.2, 0) is 17.6 Å². The molecule has 0 unspecified atom stereocenters. The van der Waals surface area contributed by atoms with E-state index in [1.807, 2.05) is 6.07 Å². The molecule has 3 N–H and O–H groups in total. The molecule has 0 radical (unpaired) electrons. The number of carboxylic acid groups (broad SMARTS) is 1. The van der Waals surface area contributed by atoms with Crippen molar-refractivity contribution in [2.24, 2.45) is 0 Å². The van der Waals surface area contributed by atoms with Gasteiger partial charge in [-0.3, -0.25) is 14.9 Å². The topological polar surface area (TPSA) is 124 Å². The van der Waals surface area contributed by atoms with E-state index in [2.05, 4.69) is 11.8 Å². The van der Waals surface area contributed by atoms with Gasteiger partial charge in [0.05, 0.1) is 4.92 Å². The maximum atomic E-state index is 10.7. The Balaban J connectivity index is 0.000000960. The van der Waals surface area contributed by atoms with Gasteiger partial charge in [0, 0.05) is 32.1 Å². The number of phenolic OH excluding ortho intramolecular Hbond substituents is 2. The maximum absolute atomic E-state index is 10.7. The van der Waals surface area contributed by atoms with E-state index in [-0.39, 0.29) is 22.1 Å². The van der Waals surface area contributed by atoms with Crippen LogP contribution in [0, 0.1) is 10.1 Å². The fourth-order valence-corrected chi connectivity index (χ4v) is 2.73. The average Bonchev–Trinajstić information content (AvgIpc) is 2.66. The Bertz CT molecular complexity index is 788. The van der Waals surface area contributed by atoms with Crippen molar-refractivity contribution in [3.8, 4) is 11.5 Å². The van der Waals surface area contributed by atoms with Crippen LogP contribution in [0.25, 0.3) is 0 Å². The second-order valence-electron chi connectivity index (χ2n) is 6.61. The number of non-ortho nitro benzene ring substituents is 1. The van der Waals surface area contributed by atoms with Gasteiger partial charge < -0.3 is 20.2 Å². The third kappa shape index (κ3) is 9.57. The molecular weight excluding hydrogens is 376 g/mol. The van der Waals surface area contributed by atoms with Crippen molar-refractivity contribution in [1.29, 1.82) is 0 Å². The fraction of sp³-hybridized carbons (Fsp3) is 0.381. The molecule has 8 heteroatoms. The average molecular weight is 404 g/mol. The quantitative estimate of drug-likeness (QED) is 0.331. The first-order valence-electron chi connectivity index (χ1n) is 9.39. The molecule has 2 rings (SSSR count). The Hall–Kier alpha value is -3.13. The number of carboxylic acids is 1. The SMILES string of the molecule is CC(=O)O.CCCN(CCc1ccc([N+](=O)[O-])cc1)CCc1ccc(O)c(O)c1. The number of benzene rings is 2. The summed E-state index contributed by atoms with van der Waals surface area (Å²) in [6.45, 7) is 5.91. The molecule has 0 aliphatic carbocycles. The van der Waals surface area contributed by atoms with Gasteiger partial charge >= 0.3 is 0 Å². The molecule has 0 aromatic heterocycles. The number of hydrogen-bond donors (Lipinski definition) is 3. The Morgan fingerprint density at radius 3 is 1.97 bits per heavy atom. The van der Waals surface area contributed by atoms with E-state index in [0.29, 0.717) is 0 Å². The second-order valence-corrected chi connectivity index (χ2v) is 6.61. The van der Waals surface area contributed by atoms with Gasteiger partial charge in [-0.2, -0.15) is 0 Å². The smallest absolute Gasteiger partial charge is 0.300 e. The van der Waals surface area contributed by atoms with E-state index in [1.165, 1.54) is 6.07 Å². The van der Waals surface area contributed by atoms with Crippen molar-refractivity contribution in [3.05, 3.63) is 63.7 Å². The number of aromatic hydroxyl groups is 2. The fourth-order valence-electron chi connectivity index (χ4n) is 2.73. The molecule has 8 nitrogen and oxygen atoms in total. The lowest BCUT2D eigenvalue weighted by atomic mass is 10.1. The van der Waals surface area contributed by atoms with Gasteiger partial charge in [-0.15, -0.1) is 0 Å². The monoisotopic (exact) mass is 404 g/mol. The highest BCUT2D eigenvalue weighted by Crippen LogP contribution is 2.25. The lowest BCUT2D eigenvalue weighted by Gasteiger charge is -2.21. The minimum absolute atomic E-state index is 0.0922. The van der Waals surface area contributed by atoms with Crippen molar-refractivity contribution >= 4 is 11.7 Å². The third-order valence-corrected chi connectivity index (χ3v) is 4.16. The summed E-state index contributed by atoms with van der Waals surface area (Å²) in [7, 11) is 0. The molecule has 0 bridgehead atoms. The van der Waals surface area contributed by atoms with Crippen LogP contribution in [0.3, 0.4) is 0 Å². The lowest BCUT2D eigenvalue weighted by Crippen LogP contribution is -2.29. The molecule has 0 saturated heterocycles. The highest BCUT2D eigenvalue weighted by molar-refractivity contribution is 5.62. The number of aliphatic carboxylic acids is 1. The predicted octanol–water partition coefficient (Wildman–Crippen LogP) is 3.59. The van der Waals surface area contributed by atoms with Crippen LogP contribution in [0.15, 0.2) is 42.5 Å². The predicted molar refractivity (Wildman–Crippen MR) is 110 cm³/mol. The zero-order valence-electron chi connectivity index (χ0n) is 16.7. The number of phenols is 2. The number of hydrogen-bond acceptors (Lipinski definition) is 6. The molecule has 0 atom stereocenters. The summed E-state index contributed by atoms with van der Waals surface area (Å²) in [6.07, 6.45) is 2.66. The molecule has 0 saturated carbocycles. The number of nitrogens with zero attached hydrogens (tertiary/aromatic N) is 2. The maximum Gasteiger partial charge on any atom is 0.300 e. The van der Waals surface area contributed by atoms with Gasteiger partial charge in [0.25, 0.3) is 11.7 Å². The second kappa shape index (κ2) is 12.4. The molecular formula is C21H28N2O6. The number of nitro groups is 1. The van der Waals surface area contributed by atoms with Crippen LogP contribution in [0.1, 0.15) is 31.4 Å². The largest absolute Gasteiger partial charge is 0.504 e. The van der Waals surface area contributed by atoms with Crippen molar-refractivity contribution < 1.29 is 25.0 Å². The minimum Gasteiger partial charge on any atom is -0.504 e. The van der Waals surface area contributed by atoms with E-state index in [4.69, 9.17) is 9.90 Å². The highest BCUT2D eigenvalue weighted by atomic mass is 16.6. The molecule has 0 amide bonds.